The van der Waals surface area contributed by atoms with Crippen molar-refractivity contribution in [2.45, 2.75) is 39.7 Å². The summed E-state index contributed by atoms with van der Waals surface area (Å²) in [5.41, 5.74) is 1.16. The molecule has 1 heterocycles. The predicted octanol–water partition coefficient (Wildman–Crippen LogP) is 4.55. The van der Waals surface area contributed by atoms with Crippen LogP contribution in [0.1, 0.15) is 45.2 Å². The number of hydrogen-bond donors (Lipinski definition) is 2. The number of likely N-dealkylation sites (tertiary alicyclic amines) is 1. The molecule has 26 heavy (non-hydrogen) atoms. The van der Waals surface area contributed by atoms with Crippen molar-refractivity contribution in [1.82, 2.24) is 15.5 Å². The summed E-state index contributed by atoms with van der Waals surface area (Å²) < 4.78 is 0. The smallest absolute Gasteiger partial charge is 0.191 e. The third kappa shape index (κ3) is 8.01. The summed E-state index contributed by atoms with van der Waals surface area (Å²) in [6.45, 7) is 11.3. The first-order valence-corrected chi connectivity index (χ1v) is 9.80. The van der Waals surface area contributed by atoms with Gasteiger partial charge in [-0.2, -0.15) is 0 Å². The molecule has 1 aromatic carbocycles. The van der Waals surface area contributed by atoms with Crippen molar-refractivity contribution in [2.24, 2.45) is 16.8 Å². The molecule has 2 rings (SSSR count). The van der Waals surface area contributed by atoms with Crippen LogP contribution in [0.5, 0.6) is 0 Å². The Labute approximate surface area is 181 Å². The molecule has 0 aliphatic carbocycles. The molecule has 0 spiro atoms. The van der Waals surface area contributed by atoms with Gasteiger partial charge >= 0.3 is 0 Å². The Bertz CT molecular complexity index is 564. The Morgan fingerprint density at radius 2 is 2.12 bits per heavy atom. The minimum Gasteiger partial charge on any atom is -0.356 e. The van der Waals surface area contributed by atoms with Crippen LogP contribution < -0.4 is 10.6 Å². The summed E-state index contributed by atoms with van der Waals surface area (Å²) in [4.78, 5) is 6.98. The highest BCUT2D eigenvalue weighted by molar-refractivity contribution is 14.0. The molecule has 1 aliphatic heterocycles. The van der Waals surface area contributed by atoms with E-state index in [1.54, 1.807) is 0 Å². The van der Waals surface area contributed by atoms with Crippen LogP contribution in [0, 0.1) is 11.8 Å². The quantitative estimate of drug-likeness (QED) is 0.348. The number of nitrogens with zero attached hydrogens (tertiary/aromatic N) is 2. The van der Waals surface area contributed by atoms with E-state index in [0.717, 1.165) is 29.0 Å². The molecule has 2 unspecified atom stereocenters. The fourth-order valence-electron chi connectivity index (χ4n) is 3.50. The summed E-state index contributed by atoms with van der Waals surface area (Å²) in [5.74, 6) is 2.28. The van der Waals surface area contributed by atoms with E-state index in [1.165, 1.54) is 32.5 Å². The van der Waals surface area contributed by atoms with Gasteiger partial charge in [0.2, 0.25) is 0 Å². The van der Waals surface area contributed by atoms with Crippen molar-refractivity contribution in [3.05, 3.63) is 34.9 Å². The summed E-state index contributed by atoms with van der Waals surface area (Å²) in [6.07, 6.45) is 2.59. The van der Waals surface area contributed by atoms with Gasteiger partial charge < -0.3 is 15.5 Å². The Morgan fingerprint density at radius 3 is 2.77 bits per heavy atom. The topological polar surface area (TPSA) is 39.7 Å². The number of aliphatic imine (C=N–C) groups is 1. The summed E-state index contributed by atoms with van der Waals surface area (Å²) in [5, 5.41) is 7.73. The third-order valence-corrected chi connectivity index (χ3v) is 4.95. The van der Waals surface area contributed by atoms with Crippen LogP contribution in [0.4, 0.5) is 0 Å². The Balaban J connectivity index is 0.00000338. The Hall–Kier alpha value is -0.530. The number of benzene rings is 1. The number of piperidine rings is 1. The van der Waals surface area contributed by atoms with Crippen LogP contribution in [-0.2, 0) is 0 Å². The minimum atomic E-state index is 0. The van der Waals surface area contributed by atoms with Crippen molar-refractivity contribution in [1.29, 1.82) is 0 Å². The van der Waals surface area contributed by atoms with Gasteiger partial charge in [0.15, 0.2) is 5.96 Å². The molecule has 2 N–H and O–H groups in total. The molecule has 1 saturated heterocycles. The lowest BCUT2D eigenvalue weighted by Gasteiger charge is -2.34. The van der Waals surface area contributed by atoms with E-state index >= 15 is 0 Å². The maximum Gasteiger partial charge on any atom is 0.191 e. The van der Waals surface area contributed by atoms with E-state index in [-0.39, 0.29) is 30.0 Å². The fourth-order valence-corrected chi connectivity index (χ4v) is 3.70. The molecule has 1 fully saturated rings. The van der Waals surface area contributed by atoms with Crippen molar-refractivity contribution in [2.75, 3.05) is 33.2 Å². The first kappa shape index (κ1) is 23.5. The van der Waals surface area contributed by atoms with Gasteiger partial charge in [-0.3, -0.25) is 4.99 Å². The van der Waals surface area contributed by atoms with Gasteiger partial charge in [0, 0.05) is 31.7 Å². The second-order valence-electron chi connectivity index (χ2n) is 7.54. The molecular weight excluding hydrogens is 459 g/mol. The first-order chi connectivity index (χ1) is 12.0. The van der Waals surface area contributed by atoms with E-state index in [0.29, 0.717) is 5.92 Å². The molecule has 0 bridgehead atoms. The second-order valence-corrected chi connectivity index (χ2v) is 7.97. The summed E-state index contributed by atoms with van der Waals surface area (Å²) in [7, 11) is 1.83. The van der Waals surface area contributed by atoms with Crippen LogP contribution in [0.25, 0.3) is 0 Å². The highest BCUT2D eigenvalue weighted by Gasteiger charge is 2.20. The van der Waals surface area contributed by atoms with Crippen LogP contribution in [0.15, 0.2) is 29.3 Å². The van der Waals surface area contributed by atoms with Crippen LogP contribution in [0.3, 0.4) is 0 Å². The number of halogens is 2. The lowest BCUT2D eigenvalue weighted by atomic mass is 9.97. The van der Waals surface area contributed by atoms with Gasteiger partial charge in [0.05, 0.1) is 6.04 Å². The number of guanidine groups is 1. The minimum absolute atomic E-state index is 0. The van der Waals surface area contributed by atoms with E-state index < -0.39 is 0 Å². The molecule has 0 radical (unpaired) electrons. The van der Waals surface area contributed by atoms with Crippen molar-refractivity contribution < 1.29 is 0 Å². The van der Waals surface area contributed by atoms with E-state index in [9.17, 15) is 0 Å². The molecule has 1 aromatic rings. The average molecular weight is 493 g/mol. The lowest BCUT2D eigenvalue weighted by Crippen LogP contribution is -2.45. The normalized spacial score (nSPS) is 19.8. The summed E-state index contributed by atoms with van der Waals surface area (Å²) >= 11 is 6.09. The Kier molecular flexibility index (Phi) is 10.9. The molecule has 6 heteroatoms. The van der Waals surface area contributed by atoms with Gasteiger partial charge in [0.25, 0.3) is 0 Å². The third-order valence-electron chi connectivity index (χ3n) is 4.71. The zero-order valence-corrected chi connectivity index (χ0v) is 19.6. The lowest BCUT2D eigenvalue weighted by molar-refractivity contribution is 0.159. The standard InChI is InChI=1S/C20H33ClN4.HI/c1-15(2)13-25-10-6-7-17(14-25)12-23-20(22-4)24-16(3)18-8-5-9-19(21)11-18;/h5,8-9,11,15-17H,6-7,10,12-14H2,1-4H3,(H2,22,23,24);1H. The van der Waals surface area contributed by atoms with Crippen LogP contribution in [-0.4, -0.2) is 44.1 Å². The van der Waals surface area contributed by atoms with Crippen molar-refractivity contribution >= 4 is 41.5 Å². The first-order valence-electron chi connectivity index (χ1n) is 9.43. The SMILES string of the molecule is CN=C(NCC1CCCN(CC(C)C)C1)NC(C)c1cccc(Cl)c1.I. The monoisotopic (exact) mass is 492 g/mol. The number of hydrogen-bond acceptors (Lipinski definition) is 2. The van der Waals surface area contributed by atoms with Gasteiger partial charge in [-0.1, -0.05) is 37.6 Å². The molecular formula is C20H34ClIN4. The average Bonchev–Trinajstić information content (AvgIpc) is 2.58. The number of rotatable bonds is 6. The van der Waals surface area contributed by atoms with Gasteiger partial charge in [-0.15, -0.1) is 24.0 Å². The van der Waals surface area contributed by atoms with E-state index in [1.807, 2.05) is 25.2 Å². The predicted molar refractivity (Wildman–Crippen MR) is 124 cm³/mol. The number of nitrogens with one attached hydrogen (secondary N) is 2. The maximum atomic E-state index is 6.09. The summed E-state index contributed by atoms with van der Waals surface area (Å²) in [6, 6.07) is 8.13. The Morgan fingerprint density at radius 1 is 1.35 bits per heavy atom. The van der Waals surface area contributed by atoms with Gasteiger partial charge in [0.1, 0.15) is 0 Å². The van der Waals surface area contributed by atoms with E-state index in [4.69, 9.17) is 11.6 Å². The second kappa shape index (κ2) is 12.0. The molecule has 4 nitrogen and oxygen atoms in total. The zero-order valence-electron chi connectivity index (χ0n) is 16.5. The highest BCUT2D eigenvalue weighted by atomic mass is 127. The van der Waals surface area contributed by atoms with Gasteiger partial charge in [-0.05, 0) is 55.8 Å². The largest absolute Gasteiger partial charge is 0.356 e. The molecule has 0 aromatic heterocycles. The molecule has 1 aliphatic rings. The highest BCUT2D eigenvalue weighted by Crippen LogP contribution is 2.18. The molecule has 148 valence electrons. The van der Waals surface area contributed by atoms with Crippen molar-refractivity contribution in [3.63, 3.8) is 0 Å². The van der Waals surface area contributed by atoms with E-state index in [2.05, 4.69) is 47.4 Å². The van der Waals surface area contributed by atoms with Crippen LogP contribution in [0.2, 0.25) is 5.02 Å². The van der Waals surface area contributed by atoms with Gasteiger partial charge in [-0.25, -0.2) is 0 Å². The maximum absolute atomic E-state index is 6.09. The molecule has 2 atom stereocenters. The molecule has 0 amide bonds. The fraction of sp³-hybridized carbons (Fsp3) is 0.650. The molecule has 0 saturated carbocycles. The zero-order chi connectivity index (χ0) is 18.2. The van der Waals surface area contributed by atoms with Crippen LogP contribution >= 0.6 is 35.6 Å². The van der Waals surface area contributed by atoms with Crippen molar-refractivity contribution in [3.8, 4) is 0 Å².